The number of hydrogen-bond acceptors (Lipinski definition) is 6. The maximum absolute atomic E-state index is 14.8. The first-order valence-electron chi connectivity index (χ1n) is 19.1. The van der Waals surface area contributed by atoms with E-state index in [1.807, 2.05) is 91.0 Å². The summed E-state index contributed by atoms with van der Waals surface area (Å²) in [5.74, 6) is -0.975. The molecule has 8 nitrogen and oxygen atoms in total. The lowest BCUT2D eigenvalue weighted by Gasteiger charge is -2.43. The lowest BCUT2D eigenvalue weighted by Crippen LogP contribution is -2.57. The number of carbonyl (C=O) groups is 3. The van der Waals surface area contributed by atoms with Crippen LogP contribution in [-0.4, -0.2) is 55.9 Å². The van der Waals surface area contributed by atoms with E-state index in [0.717, 1.165) is 55.2 Å². The van der Waals surface area contributed by atoms with Crippen LogP contribution in [0.2, 0.25) is 0 Å². The van der Waals surface area contributed by atoms with Crippen molar-refractivity contribution in [3.63, 3.8) is 0 Å². The zero-order chi connectivity index (χ0) is 38.6. The number of ether oxygens (including phenoxy) is 3. The van der Waals surface area contributed by atoms with Gasteiger partial charge < -0.3 is 24.4 Å². The molecule has 2 amide bonds. The fourth-order valence-electron chi connectivity index (χ4n) is 7.70. The standard InChI is InChI=1S/C47H50N2O6/c1-53-42-31-37(32-43(54-2)45(42)55-3)44(50)47(52)49-40(29-35-21-11-6-12-22-35)39-28-14-13-25-36(39)30-41(49)46(51)48-38(26-15-23-33-17-7-4-8-18-33)27-16-24-34-19-9-5-10-20-34/h4-14,17-22,25,28,31-32,38,40-41H,15-16,23-24,26-27,29-30H2,1-3H3,(H,48,51)/t40-,41-/m0/s1. The monoisotopic (exact) mass is 738 g/mol. The zero-order valence-corrected chi connectivity index (χ0v) is 31.9. The summed E-state index contributed by atoms with van der Waals surface area (Å²) in [5.41, 5.74) is 5.48. The Labute approximate surface area is 324 Å². The van der Waals surface area contributed by atoms with Gasteiger partial charge >= 0.3 is 0 Å². The molecule has 1 aliphatic heterocycles. The summed E-state index contributed by atoms with van der Waals surface area (Å²) in [4.78, 5) is 45.5. The minimum Gasteiger partial charge on any atom is -0.493 e. The Hall–Kier alpha value is -5.89. The van der Waals surface area contributed by atoms with Crippen LogP contribution < -0.4 is 19.5 Å². The number of rotatable bonds is 17. The van der Waals surface area contributed by atoms with E-state index >= 15 is 0 Å². The lowest BCUT2D eigenvalue weighted by molar-refractivity contribution is -0.141. The van der Waals surface area contributed by atoms with Crippen molar-refractivity contribution < 1.29 is 28.6 Å². The van der Waals surface area contributed by atoms with Crippen LogP contribution in [0.25, 0.3) is 0 Å². The molecule has 2 atom stereocenters. The van der Waals surface area contributed by atoms with Crippen LogP contribution in [0.1, 0.15) is 69.9 Å². The summed E-state index contributed by atoms with van der Waals surface area (Å²) in [5, 5.41) is 3.39. The average Bonchev–Trinajstić information content (AvgIpc) is 3.23. The van der Waals surface area contributed by atoms with Gasteiger partial charge in [0.15, 0.2) is 11.5 Å². The van der Waals surface area contributed by atoms with E-state index in [0.29, 0.717) is 12.2 Å². The van der Waals surface area contributed by atoms with Crippen molar-refractivity contribution in [2.45, 2.75) is 69.5 Å². The second-order valence-electron chi connectivity index (χ2n) is 14.0. The quantitative estimate of drug-likeness (QED) is 0.0765. The van der Waals surface area contributed by atoms with E-state index in [4.69, 9.17) is 14.2 Å². The molecule has 5 aromatic rings. The third-order valence-electron chi connectivity index (χ3n) is 10.5. The molecule has 284 valence electrons. The van der Waals surface area contributed by atoms with E-state index in [9.17, 15) is 14.4 Å². The van der Waals surface area contributed by atoms with Crippen molar-refractivity contribution in [2.24, 2.45) is 0 Å². The molecule has 8 heteroatoms. The molecule has 0 saturated heterocycles. The third kappa shape index (κ3) is 9.62. The summed E-state index contributed by atoms with van der Waals surface area (Å²) in [6.07, 6.45) is 5.86. The molecule has 5 aromatic carbocycles. The molecule has 0 bridgehead atoms. The number of Topliss-reactive ketones (excluding diaryl/α,β-unsaturated/α-hetero) is 1. The molecule has 0 saturated carbocycles. The molecule has 1 heterocycles. The molecule has 1 N–H and O–H groups in total. The average molecular weight is 739 g/mol. The second kappa shape index (κ2) is 18.9. The van der Waals surface area contributed by atoms with Crippen LogP contribution in [0, 0.1) is 0 Å². The Morgan fingerprint density at radius 3 is 1.71 bits per heavy atom. The number of ketones is 1. The summed E-state index contributed by atoms with van der Waals surface area (Å²) >= 11 is 0. The summed E-state index contributed by atoms with van der Waals surface area (Å²) < 4.78 is 16.5. The van der Waals surface area contributed by atoms with Gasteiger partial charge in [-0.05, 0) is 84.9 Å². The van der Waals surface area contributed by atoms with Gasteiger partial charge in [-0.1, -0.05) is 115 Å². The Bertz CT molecular complexity index is 1960. The highest BCUT2D eigenvalue weighted by Gasteiger charge is 2.43. The summed E-state index contributed by atoms with van der Waals surface area (Å²) in [7, 11) is 4.40. The minimum atomic E-state index is -0.923. The van der Waals surface area contributed by atoms with Crippen LogP contribution in [0.15, 0.2) is 127 Å². The Morgan fingerprint density at radius 1 is 0.673 bits per heavy atom. The molecule has 0 spiro atoms. The van der Waals surface area contributed by atoms with Gasteiger partial charge in [0.1, 0.15) is 6.04 Å². The van der Waals surface area contributed by atoms with Gasteiger partial charge in [-0.15, -0.1) is 0 Å². The molecule has 0 unspecified atom stereocenters. The van der Waals surface area contributed by atoms with Crippen molar-refractivity contribution in [3.8, 4) is 17.2 Å². The number of aryl methyl sites for hydroxylation is 2. The van der Waals surface area contributed by atoms with Crippen LogP contribution in [0.4, 0.5) is 0 Å². The zero-order valence-electron chi connectivity index (χ0n) is 31.9. The number of nitrogens with one attached hydrogen (secondary N) is 1. The molecule has 0 fully saturated rings. The highest BCUT2D eigenvalue weighted by Crippen LogP contribution is 2.40. The number of fused-ring (bicyclic) bond motifs is 1. The fourth-order valence-corrected chi connectivity index (χ4v) is 7.70. The van der Waals surface area contributed by atoms with Gasteiger partial charge in [0.25, 0.3) is 11.7 Å². The van der Waals surface area contributed by atoms with Crippen LogP contribution in [-0.2, 0) is 35.3 Å². The molecule has 6 rings (SSSR count). The van der Waals surface area contributed by atoms with Crippen LogP contribution >= 0.6 is 0 Å². The Balaban J connectivity index is 1.33. The SMILES string of the molecule is COc1cc(C(=O)C(=O)N2[C@H](C(=O)NC(CCCc3ccccc3)CCCc3ccccc3)Cc3ccccc3[C@@H]2Cc2ccccc2)cc(OC)c1OC. The fraction of sp³-hybridized carbons (Fsp3) is 0.298. The van der Waals surface area contributed by atoms with E-state index in [2.05, 4.69) is 29.6 Å². The smallest absolute Gasteiger partial charge is 0.296 e. The van der Waals surface area contributed by atoms with Gasteiger partial charge in [0.2, 0.25) is 11.7 Å². The first-order valence-corrected chi connectivity index (χ1v) is 19.1. The minimum absolute atomic E-state index is 0.0793. The predicted molar refractivity (Wildman–Crippen MR) is 215 cm³/mol. The normalized spacial score (nSPS) is 14.9. The van der Waals surface area contributed by atoms with Crippen molar-refractivity contribution in [2.75, 3.05) is 21.3 Å². The number of carbonyl (C=O) groups excluding carboxylic acids is 3. The van der Waals surface area contributed by atoms with Gasteiger partial charge in [-0.2, -0.15) is 0 Å². The molecular weight excluding hydrogens is 689 g/mol. The van der Waals surface area contributed by atoms with Crippen LogP contribution in [0.3, 0.4) is 0 Å². The predicted octanol–water partition coefficient (Wildman–Crippen LogP) is 8.16. The number of hydrogen-bond donors (Lipinski definition) is 1. The molecule has 0 aromatic heterocycles. The molecule has 0 radical (unpaired) electrons. The summed E-state index contributed by atoms with van der Waals surface area (Å²) in [6.45, 7) is 0. The van der Waals surface area contributed by atoms with Gasteiger partial charge in [0.05, 0.1) is 27.4 Å². The van der Waals surface area contributed by atoms with E-state index < -0.39 is 23.8 Å². The number of benzene rings is 5. The van der Waals surface area contributed by atoms with Crippen molar-refractivity contribution in [1.29, 1.82) is 0 Å². The van der Waals surface area contributed by atoms with Crippen LogP contribution in [0.5, 0.6) is 17.2 Å². The largest absolute Gasteiger partial charge is 0.493 e. The summed E-state index contributed by atoms with van der Waals surface area (Å²) in [6, 6.07) is 39.9. The maximum Gasteiger partial charge on any atom is 0.296 e. The van der Waals surface area contributed by atoms with Gasteiger partial charge in [-0.25, -0.2) is 0 Å². The second-order valence-corrected chi connectivity index (χ2v) is 14.0. The molecule has 0 aliphatic carbocycles. The van der Waals surface area contributed by atoms with E-state index in [-0.39, 0.29) is 35.4 Å². The van der Waals surface area contributed by atoms with Crippen molar-refractivity contribution in [3.05, 3.63) is 161 Å². The number of amides is 2. The lowest BCUT2D eigenvalue weighted by atomic mass is 9.84. The topological polar surface area (TPSA) is 94.2 Å². The molecule has 1 aliphatic rings. The maximum atomic E-state index is 14.8. The van der Waals surface area contributed by atoms with Crippen molar-refractivity contribution in [1.82, 2.24) is 10.2 Å². The van der Waals surface area contributed by atoms with E-state index in [1.54, 1.807) is 0 Å². The Kier molecular flexibility index (Phi) is 13.4. The van der Waals surface area contributed by atoms with Gasteiger partial charge in [-0.3, -0.25) is 14.4 Å². The van der Waals surface area contributed by atoms with E-state index in [1.165, 1.54) is 49.5 Å². The highest BCUT2D eigenvalue weighted by molar-refractivity contribution is 6.43. The first-order chi connectivity index (χ1) is 26.9. The van der Waals surface area contributed by atoms with Gasteiger partial charge in [0, 0.05) is 18.0 Å². The number of methoxy groups -OCH3 is 3. The Morgan fingerprint density at radius 2 is 1.18 bits per heavy atom. The highest BCUT2D eigenvalue weighted by atomic mass is 16.5. The first kappa shape index (κ1) is 38.8. The molecular formula is C47H50N2O6. The van der Waals surface area contributed by atoms with Crippen molar-refractivity contribution >= 4 is 17.6 Å². The molecule has 55 heavy (non-hydrogen) atoms. The third-order valence-corrected chi connectivity index (χ3v) is 10.5. The number of nitrogens with zero attached hydrogens (tertiary/aromatic N) is 1.